The van der Waals surface area contributed by atoms with Crippen LogP contribution in [-0.2, 0) is 30.8 Å². The monoisotopic (exact) mass is 390 g/mol. The normalized spacial score (nSPS) is 13.2. The molecule has 0 saturated heterocycles. The molecule has 152 valence electrons. The number of nitrogens with zero attached hydrogens (tertiary/aromatic N) is 4. The molecular formula is C19H26N4O5. The van der Waals surface area contributed by atoms with Crippen LogP contribution in [0.4, 0.5) is 0 Å². The van der Waals surface area contributed by atoms with Crippen molar-refractivity contribution < 1.29 is 24.1 Å². The lowest BCUT2D eigenvalue weighted by Gasteiger charge is -2.10. The highest BCUT2D eigenvalue weighted by Gasteiger charge is 2.17. The Kier molecular flexibility index (Phi) is 9.95. The zero-order valence-corrected chi connectivity index (χ0v) is 17.1. The van der Waals surface area contributed by atoms with Crippen molar-refractivity contribution in [1.29, 1.82) is 0 Å². The first-order chi connectivity index (χ1) is 13.5. The second-order valence-electron chi connectivity index (χ2n) is 5.49. The van der Waals surface area contributed by atoms with E-state index in [9.17, 15) is 4.79 Å². The van der Waals surface area contributed by atoms with E-state index in [0.717, 1.165) is 5.56 Å². The van der Waals surface area contributed by atoms with E-state index in [1.165, 1.54) is 21.3 Å². The first-order valence-electron chi connectivity index (χ1n) is 8.58. The third-order valence-corrected chi connectivity index (χ3v) is 3.56. The summed E-state index contributed by atoms with van der Waals surface area (Å²) in [5, 5.41) is 15.6. The third kappa shape index (κ3) is 6.49. The molecule has 1 aromatic carbocycles. The first-order valence-corrected chi connectivity index (χ1v) is 8.58. The van der Waals surface area contributed by atoms with Gasteiger partial charge in [-0.1, -0.05) is 51.8 Å². The van der Waals surface area contributed by atoms with Crippen molar-refractivity contribution in [1.82, 2.24) is 0 Å². The third-order valence-electron chi connectivity index (χ3n) is 3.56. The van der Waals surface area contributed by atoms with Gasteiger partial charge in [0.05, 0.1) is 0 Å². The van der Waals surface area contributed by atoms with Gasteiger partial charge in [-0.25, -0.2) is 0 Å². The van der Waals surface area contributed by atoms with E-state index in [0.29, 0.717) is 29.1 Å². The first kappa shape index (κ1) is 22.8. The number of ketones is 1. The number of hydrogen-bond donors (Lipinski definition) is 0. The molecule has 9 heteroatoms. The smallest absolute Gasteiger partial charge is 0.184 e. The summed E-state index contributed by atoms with van der Waals surface area (Å²) in [7, 11) is 4.26. The molecule has 0 saturated carbocycles. The number of benzene rings is 1. The van der Waals surface area contributed by atoms with Gasteiger partial charge in [0, 0.05) is 17.5 Å². The number of carbonyl (C=O) groups excluding carboxylic acids is 1. The Morgan fingerprint density at radius 2 is 1.50 bits per heavy atom. The minimum absolute atomic E-state index is 0.119. The zero-order chi connectivity index (χ0) is 20.9. The van der Waals surface area contributed by atoms with E-state index < -0.39 is 0 Å². The quantitative estimate of drug-likeness (QED) is 0.427. The van der Waals surface area contributed by atoms with Crippen molar-refractivity contribution in [2.45, 2.75) is 33.8 Å². The number of carbonyl (C=O) groups is 1. The highest BCUT2D eigenvalue weighted by Crippen LogP contribution is 2.14. The number of Topliss-reactive ketones (excluding diaryl/α,β-unsaturated/α-hetero) is 1. The maximum Gasteiger partial charge on any atom is 0.184 e. The van der Waals surface area contributed by atoms with Crippen molar-refractivity contribution in [3.63, 3.8) is 0 Å². The molecule has 0 aliphatic carbocycles. The fraction of sp³-hybridized carbons (Fsp3) is 0.421. The van der Waals surface area contributed by atoms with Gasteiger partial charge in [-0.2, -0.15) is 0 Å². The fourth-order valence-corrected chi connectivity index (χ4v) is 2.29. The zero-order valence-electron chi connectivity index (χ0n) is 17.1. The van der Waals surface area contributed by atoms with Gasteiger partial charge in [0.25, 0.3) is 0 Å². The Morgan fingerprint density at radius 1 is 0.893 bits per heavy atom. The van der Waals surface area contributed by atoms with Crippen molar-refractivity contribution in [2.24, 2.45) is 20.6 Å². The Labute approximate surface area is 164 Å². The van der Waals surface area contributed by atoms with E-state index in [2.05, 4.69) is 20.6 Å². The topological polar surface area (TPSA) is 103 Å². The van der Waals surface area contributed by atoms with Crippen LogP contribution in [0.1, 0.15) is 38.3 Å². The Hall–Kier alpha value is -3.23. The molecule has 0 atom stereocenters. The van der Waals surface area contributed by atoms with Gasteiger partial charge in [0.2, 0.25) is 0 Å². The van der Waals surface area contributed by atoms with Crippen LogP contribution < -0.4 is 0 Å². The van der Waals surface area contributed by atoms with Crippen LogP contribution in [0.15, 0.2) is 44.9 Å². The average Bonchev–Trinajstić information content (AvgIpc) is 2.70. The second kappa shape index (κ2) is 12.2. The molecule has 0 aliphatic rings. The van der Waals surface area contributed by atoms with Gasteiger partial charge in [0.1, 0.15) is 39.4 Å². The van der Waals surface area contributed by atoms with Gasteiger partial charge >= 0.3 is 0 Å². The van der Waals surface area contributed by atoms with E-state index in [1.54, 1.807) is 26.8 Å². The summed E-state index contributed by atoms with van der Waals surface area (Å²) in [6.45, 7) is 5.30. The Bertz CT molecular complexity index is 784. The van der Waals surface area contributed by atoms with Gasteiger partial charge < -0.3 is 19.4 Å². The molecule has 0 amide bonds. The molecule has 0 aliphatic heterocycles. The SMILES string of the molecule is CCC(=O)/C(=N/OC)c1ccccc1CO/N=C(C)/C(=N/OC)C(/C)=N/OC. The standard InChI is InChI=1S/C19H26N4O5/c1-7-17(24)19(23-27-6)16-11-9-8-10-15(16)12-28-21-14(3)18(22-26-5)13(2)20-25-4/h8-11H,7,12H2,1-6H3/b20-13+,21-14+,22-18+,23-19+. The molecule has 28 heavy (non-hydrogen) atoms. The maximum absolute atomic E-state index is 12.2. The Morgan fingerprint density at radius 3 is 2.11 bits per heavy atom. The summed E-state index contributed by atoms with van der Waals surface area (Å²) in [5.41, 5.74) is 2.94. The predicted octanol–water partition coefficient (Wildman–Crippen LogP) is 2.93. The molecular weight excluding hydrogens is 364 g/mol. The summed E-state index contributed by atoms with van der Waals surface area (Å²) in [4.78, 5) is 32.1. The molecule has 1 rings (SSSR count). The minimum Gasteiger partial charge on any atom is -0.399 e. The van der Waals surface area contributed by atoms with Crippen LogP contribution >= 0.6 is 0 Å². The Balaban J connectivity index is 3.06. The van der Waals surface area contributed by atoms with Crippen molar-refractivity contribution in [2.75, 3.05) is 21.3 Å². The number of oxime groups is 4. The number of hydrogen-bond acceptors (Lipinski definition) is 9. The molecule has 0 radical (unpaired) electrons. The van der Waals surface area contributed by atoms with Crippen LogP contribution in [0.3, 0.4) is 0 Å². The van der Waals surface area contributed by atoms with Crippen LogP contribution in [0.2, 0.25) is 0 Å². The van der Waals surface area contributed by atoms with Gasteiger partial charge in [-0.05, 0) is 13.8 Å². The maximum atomic E-state index is 12.2. The van der Waals surface area contributed by atoms with E-state index in [4.69, 9.17) is 19.4 Å². The highest BCUT2D eigenvalue weighted by atomic mass is 16.6. The van der Waals surface area contributed by atoms with E-state index >= 15 is 0 Å². The second-order valence-corrected chi connectivity index (χ2v) is 5.49. The van der Waals surface area contributed by atoms with Gasteiger partial charge in [-0.15, -0.1) is 0 Å². The lowest BCUT2D eigenvalue weighted by Crippen LogP contribution is -2.21. The summed E-state index contributed by atoms with van der Waals surface area (Å²) in [5.74, 6) is -0.130. The molecule has 0 N–H and O–H groups in total. The highest BCUT2D eigenvalue weighted by molar-refractivity contribution is 6.67. The molecule has 0 spiro atoms. The lowest BCUT2D eigenvalue weighted by molar-refractivity contribution is -0.112. The van der Waals surface area contributed by atoms with Crippen LogP contribution in [0.25, 0.3) is 0 Å². The summed E-state index contributed by atoms with van der Waals surface area (Å²) in [6.07, 6.45) is 0.309. The fourth-order valence-electron chi connectivity index (χ4n) is 2.29. The van der Waals surface area contributed by atoms with Crippen LogP contribution in [0.5, 0.6) is 0 Å². The average molecular weight is 390 g/mol. The van der Waals surface area contributed by atoms with E-state index in [-0.39, 0.29) is 18.1 Å². The molecule has 0 heterocycles. The predicted molar refractivity (Wildman–Crippen MR) is 108 cm³/mol. The minimum atomic E-state index is -0.130. The summed E-state index contributed by atoms with van der Waals surface area (Å²) < 4.78 is 0. The van der Waals surface area contributed by atoms with Gasteiger partial charge in [-0.3, -0.25) is 4.79 Å². The van der Waals surface area contributed by atoms with Crippen molar-refractivity contribution in [3.05, 3.63) is 35.4 Å². The lowest BCUT2D eigenvalue weighted by atomic mass is 10.00. The molecule has 9 nitrogen and oxygen atoms in total. The van der Waals surface area contributed by atoms with E-state index in [1.807, 2.05) is 18.2 Å². The number of rotatable bonds is 11. The summed E-state index contributed by atoms with van der Waals surface area (Å²) >= 11 is 0. The summed E-state index contributed by atoms with van der Waals surface area (Å²) in [6, 6.07) is 7.27. The molecule has 0 bridgehead atoms. The van der Waals surface area contributed by atoms with Gasteiger partial charge in [0.15, 0.2) is 17.2 Å². The molecule has 0 unspecified atom stereocenters. The largest absolute Gasteiger partial charge is 0.399 e. The van der Waals surface area contributed by atoms with Crippen molar-refractivity contribution in [3.8, 4) is 0 Å². The van der Waals surface area contributed by atoms with Crippen molar-refractivity contribution >= 4 is 28.6 Å². The molecule has 0 aromatic heterocycles. The molecule has 1 aromatic rings. The molecule has 0 fully saturated rings. The van der Waals surface area contributed by atoms with Crippen LogP contribution in [-0.4, -0.2) is 50.0 Å². The van der Waals surface area contributed by atoms with Crippen LogP contribution in [0, 0.1) is 0 Å².